The number of carbonyl (C=O) groups is 1. The molecule has 7 heteroatoms. The van der Waals surface area contributed by atoms with Crippen LogP contribution in [0.1, 0.15) is 17.5 Å². The first-order chi connectivity index (χ1) is 17.2. The van der Waals surface area contributed by atoms with E-state index in [-0.39, 0.29) is 12.5 Å². The molecule has 0 radical (unpaired) electrons. The topological polar surface area (TPSA) is 84.2 Å². The molecule has 0 atom stereocenters. The molecule has 1 aromatic heterocycles. The number of amides is 1. The predicted octanol–water partition coefficient (Wildman–Crippen LogP) is 6.29. The van der Waals surface area contributed by atoms with Crippen LogP contribution in [0.2, 0.25) is 0 Å². The number of para-hydroxylation sites is 1. The largest absolute Gasteiger partial charge is 0.490 e. The molecule has 0 bridgehead atoms. The van der Waals surface area contributed by atoms with Crippen molar-refractivity contribution in [1.29, 1.82) is 5.26 Å². The van der Waals surface area contributed by atoms with E-state index < -0.39 is 0 Å². The van der Waals surface area contributed by atoms with Crippen LogP contribution in [0.4, 0.5) is 5.69 Å². The molecule has 4 aromatic rings. The number of ether oxygens (including phenoxy) is 2. The molecular weight excluding hydrogens is 458 g/mol. The number of rotatable bonds is 9. The van der Waals surface area contributed by atoms with E-state index in [0.717, 1.165) is 16.8 Å². The van der Waals surface area contributed by atoms with Gasteiger partial charge in [0, 0.05) is 16.6 Å². The fourth-order valence-corrected chi connectivity index (χ4v) is 4.11. The fraction of sp³-hybridized carbons (Fsp3) is 0.107. The van der Waals surface area contributed by atoms with Crippen molar-refractivity contribution in [2.24, 2.45) is 0 Å². The van der Waals surface area contributed by atoms with Crippen LogP contribution < -0.4 is 14.8 Å². The van der Waals surface area contributed by atoms with Crippen LogP contribution in [0.25, 0.3) is 22.9 Å². The predicted molar refractivity (Wildman–Crippen MR) is 139 cm³/mol. The zero-order chi connectivity index (χ0) is 24.5. The van der Waals surface area contributed by atoms with E-state index in [1.807, 2.05) is 79.0 Å². The molecule has 174 valence electrons. The first-order valence-electron chi connectivity index (χ1n) is 11.0. The lowest BCUT2D eigenvalue weighted by Crippen LogP contribution is -2.20. The summed E-state index contributed by atoms with van der Waals surface area (Å²) in [6.07, 6.45) is 1.77. The molecule has 4 rings (SSSR count). The van der Waals surface area contributed by atoms with E-state index >= 15 is 0 Å². The normalized spacial score (nSPS) is 10.9. The molecular formula is C28H23N3O3S. The molecule has 0 fully saturated rings. The molecule has 1 amide bonds. The molecule has 35 heavy (non-hydrogen) atoms. The zero-order valence-electron chi connectivity index (χ0n) is 19.1. The van der Waals surface area contributed by atoms with Gasteiger partial charge in [0.2, 0.25) is 0 Å². The molecule has 0 aliphatic heterocycles. The van der Waals surface area contributed by atoms with Crippen LogP contribution in [-0.4, -0.2) is 24.1 Å². The second-order valence-corrected chi connectivity index (χ2v) is 8.27. The molecule has 0 aliphatic rings. The first kappa shape index (κ1) is 23.7. The van der Waals surface area contributed by atoms with Crippen molar-refractivity contribution in [3.05, 3.63) is 94.8 Å². The highest BCUT2D eigenvalue weighted by atomic mass is 32.1. The average Bonchev–Trinajstić information content (AvgIpc) is 3.38. The maximum absolute atomic E-state index is 12.2. The van der Waals surface area contributed by atoms with E-state index in [0.29, 0.717) is 34.4 Å². The first-order valence-corrected chi connectivity index (χ1v) is 11.9. The minimum Gasteiger partial charge on any atom is -0.490 e. The summed E-state index contributed by atoms with van der Waals surface area (Å²) in [6, 6.07) is 26.6. The molecule has 0 aliphatic carbocycles. The lowest BCUT2D eigenvalue weighted by atomic mass is 10.1. The van der Waals surface area contributed by atoms with Crippen LogP contribution >= 0.6 is 11.3 Å². The number of nitriles is 1. The molecule has 1 N–H and O–H groups in total. The summed E-state index contributed by atoms with van der Waals surface area (Å²) in [7, 11) is 0. The smallest absolute Gasteiger partial charge is 0.262 e. The van der Waals surface area contributed by atoms with E-state index in [1.54, 1.807) is 18.2 Å². The van der Waals surface area contributed by atoms with Crippen LogP contribution in [0.3, 0.4) is 0 Å². The summed E-state index contributed by atoms with van der Waals surface area (Å²) in [4.78, 5) is 16.9. The number of aromatic nitrogens is 1. The van der Waals surface area contributed by atoms with Gasteiger partial charge in [-0.3, -0.25) is 4.79 Å². The molecule has 6 nitrogen and oxygen atoms in total. The Morgan fingerprint density at radius 3 is 2.49 bits per heavy atom. The van der Waals surface area contributed by atoms with Gasteiger partial charge in [0.05, 0.1) is 17.9 Å². The van der Waals surface area contributed by atoms with Crippen molar-refractivity contribution in [2.75, 3.05) is 18.5 Å². The van der Waals surface area contributed by atoms with Gasteiger partial charge in [0.15, 0.2) is 18.1 Å². The Labute approximate surface area is 208 Å². The Morgan fingerprint density at radius 1 is 1.03 bits per heavy atom. The van der Waals surface area contributed by atoms with Gasteiger partial charge < -0.3 is 14.8 Å². The monoisotopic (exact) mass is 481 g/mol. The second kappa shape index (κ2) is 11.6. The maximum atomic E-state index is 12.2. The van der Waals surface area contributed by atoms with Crippen molar-refractivity contribution >= 4 is 34.6 Å². The average molecular weight is 482 g/mol. The number of anilines is 1. The molecule has 0 unspecified atom stereocenters. The summed E-state index contributed by atoms with van der Waals surface area (Å²) in [5.74, 6) is 0.675. The Hall–Kier alpha value is -4.41. The number of nitrogens with zero attached hydrogens (tertiary/aromatic N) is 2. The van der Waals surface area contributed by atoms with Gasteiger partial charge in [0.1, 0.15) is 11.1 Å². The Morgan fingerprint density at radius 2 is 1.77 bits per heavy atom. The third kappa shape index (κ3) is 6.34. The summed E-state index contributed by atoms with van der Waals surface area (Å²) in [6.45, 7) is 2.14. The summed E-state index contributed by atoms with van der Waals surface area (Å²) >= 11 is 1.42. The van der Waals surface area contributed by atoms with Gasteiger partial charge >= 0.3 is 0 Å². The molecule has 3 aromatic carbocycles. The third-order valence-electron chi connectivity index (χ3n) is 4.92. The number of thiazole rings is 1. The number of nitrogens with one attached hydrogen (secondary N) is 1. The number of hydrogen-bond donors (Lipinski definition) is 1. The quantitative estimate of drug-likeness (QED) is 0.284. The highest BCUT2D eigenvalue weighted by molar-refractivity contribution is 7.11. The highest BCUT2D eigenvalue weighted by Crippen LogP contribution is 2.31. The lowest BCUT2D eigenvalue weighted by molar-refractivity contribution is -0.118. The van der Waals surface area contributed by atoms with E-state index in [1.165, 1.54) is 11.3 Å². The Kier molecular flexibility index (Phi) is 7.89. The zero-order valence-corrected chi connectivity index (χ0v) is 19.9. The van der Waals surface area contributed by atoms with Gasteiger partial charge in [-0.1, -0.05) is 54.6 Å². The van der Waals surface area contributed by atoms with E-state index in [9.17, 15) is 10.1 Å². The fourth-order valence-electron chi connectivity index (χ4n) is 3.31. The molecule has 1 heterocycles. The van der Waals surface area contributed by atoms with Gasteiger partial charge in [-0.25, -0.2) is 4.98 Å². The van der Waals surface area contributed by atoms with E-state index in [4.69, 9.17) is 9.47 Å². The van der Waals surface area contributed by atoms with Crippen LogP contribution in [0.5, 0.6) is 11.5 Å². The number of allylic oxidation sites excluding steroid dienone is 1. The summed E-state index contributed by atoms with van der Waals surface area (Å²) < 4.78 is 11.4. The number of benzene rings is 3. The minimum atomic E-state index is -0.271. The van der Waals surface area contributed by atoms with Crippen molar-refractivity contribution in [3.8, 4) is 28.8 Å². The van der Waals surface area contributed by atoms with Crippen LogP contribution in [0, 0.1) is 11.3 Å². The standard InChI is InChI=1S/C28H23N3O3S/c1-2-33-26-16-20(13-14-25(26)34-18-27(32)30-23-11-7-4-8-12-23)15-22(17-29)28-31-24(19-35-28)21-9-5-3-6-10-21/h3-16,19H,2,18H2,1H3,(H,30,32)/b22-15+. The minimum absolute atomic E-state index is 0.158. The third-order valence-corrected chi connectivity index (χ3v) is 5.80. The van der Waals surface area contributed by atoms with Crippen molar-refractivity contribution in [1.82, 2.24) is 4.98 Å². The van der Waals surface area contributed by atoms with Crippen LogP contribution in [0.15, 0.2) is 84.2 Å². The molecule has 0 saturated carbocycles. The Bertz CT molecular complexity index is 1360. The lowest BCUT2D eigenvalue weighted by Gasteiger charge is -2.13. The maximum Gasteiger partial charge on any atom is 0.262 e. The molecule has 0 saturated heterocycles. The highest BCUT2D eigenvalue weighted by Gasteiger charge is 2.12. The number of hydrogen-bond acceptors (Lipinski definition) is 6. The van der Waals surface area contributed by atoms with E-state index in [2.05, 4.69) is 16.4 Å². The van der Waals surface area contributed by atoms with Gasteiger partial charge in [-0.2, -0.15) is 5.26 Å². The van der Waals surface area contributed by atoms with Gasteiger partial charge in [0.25, 0.3) is 5.91 Å². The Balaban J connectivity index is 1.50. The summed E-state index contributed by atoms with van der Waals surface area (Å²) in [5.41, 5.74) is 3.76. The van der Waals surface area contributed by atoms with Crippen molar-refractivity contribution < 1.29 is 14.3 Å². The summed E-state index contributed by atoms with van der Waals surface area (Å²) in [5, 5.41) is 15.1. The van der Waals surface area contributed by atoms with Gasteiger partial charge in [-0.15, -0.1) is 11.3 Å². The van der Waals surface area contributed by atoms with Crippen LogP contribution in [-0.2, 0) is 4.79 Å². The molecule has 0 spiro atoms. The SMILES string of the molecule is CCOc1cc(/C=C(\C#N)c2nc(-c3ccccc3)cs2)ccc1OCC(=O)Nc1ccccc1. The second-order valence-electron chi connectivity index (χ2n) is 7.42. The van der Waals surface area contributed by atoms with Gasteiger partial charge in [-0.05, 0) is 42.8 Å². The number of carbonyl (C=O) groups excluding carboxylic acids is 1. The van der Waals surface area contributed by atoms with Crippen molar-refractivity contribution in [2.45, 2.75) is 6.92 Å². The van der Waals surface area contributed by atoms with Crippen molar-refractivity contribution in [3.63, 3.8) is 0 Å².